The molecule has 0 aliphatic carbocycles. The van der Waals surface area contributed by atoms with Gasteiger partial charge >= 0.3 is 0 Å². The third-order valence-corrected chi connectivity index (χ3v) is 3.97. The minimum Gasteiger partial charge on any atom is -0.329 e. The van der Waals surface area contributed by atoms with E-state index < -0.39 is 0 Å². The molecule has 4 nitrogen and oxygen atoms in total. The second kappa shape index (κ2) is 5.00. The Labute approximate surface area is 132 Å². The van der Waals surface area contributed by atoms with Gasteiger partial charge in [0.15, 0.2) is 0 Å². The quantitative estimate of drug-likeness (QED) is 0.553. The van der Waals surface area contributed by atoms with Gasteiger partial charge in [-0.15, -0.1) is 0 Å². The first-order valence-electron chi connectivity index (χ1n) is 6.95. The van der Waals surface area contributed by atoms with Crippen LogP contribution >= 0.6 is 11.6 Å². The molecule has 5 heteroatoms. The molecular formula is C17H13ClN4. The minimum absolute atomic E-state index is 0.694. The number of benzene rings is 2. The molecule has 2 heterocycles. The number of aromatic nitrogens is 3. The maximum absolute atomic E-state index is 5.94. The van der Waals surface area contributed by atoms with Crippen LogP contribution in [0, 0.1) is 0 Å². The second-order valence-corrected chi connectivity index (χ2v) is 5.53. The third kappa shape index (κ3) is 2.09. The van der Waals surface area contributed by atoms with Crippen LogP contribution in [0.3, 0.4) is 0 Å². The Morgan fingerprint density at radius 2 is 1.73 bits per heavy atom. The molecule has 22 heavy (non-hydrogen) atoms. The average molecular weight is 309 g/mol. The number of fused-ring (bicyclic) bond motifs is 3. The van der Waals surface area contributed by atoms with Gasteiger partial charge in [0.2, 0.25) is 5.78 Å². The smallest absolute Gasteiger partial charge is 0.236 e. The number of hydrogen-bond acceptors (Lipinski definition) is 3. The van der Waals surface area contributed by atoms with E-state index in [1.807, 2.05) is 77.1 Å². The Morgan fingerprint density at radius 1 is 0.955 bits per heavy atom. The molecule has 0 aliphatic rings. The molecule has 2 aromatic carbocycles. The summed E-state index contributed by atoms with van der Waals surface area (Å²) >= 11 is 5.94. The zero-order chi connectivity index (χ0) is 15.1. The molecule has 0 N–H and O–H groups in total. The zero-order valence-electron chi connectivity index (χ0n) is 11.9. The fourth-order valence-electron chi connectivity index (χ4n) is 2.52. The van der Waals surface area contributed by atoms with E-state index in [4.69, 9.17) is 11.6 Å². The number of hydrogen-bond donors (Lipinski definition) is 0. The van der Waals surface area contributed by atoms with E-state index in [9.17, 15) is 0 Å². The van der Waals surface area contributed by atoms with E-state index in [0.717, 1.165) is 27.6 Å². The molecule has 2 aromatic heterocycles. The van der Waals surface area contributed by atoms with E-state index in [1.54, 1.807) is 0 Å². The fraction of sp³-hybridized carbons (Fsp3) is 0.0588. The van der Waals surface area contributed by atoms with Crippen molar-refractivity contribution in [3.05, 3.63) is 65.8 Å². The summed E-state index contributed by atoms with van der Waals surface area (Å²) in [6.07, 6.45) is 2.00. The van der Waals surface area contributed by atoms with E-state index in [0.29, 0.717) is 5.78 Å². The highest BCUT2D eigenvalue weighted by atomic mass is 35.5. The van der Waals surface area contributed by atoms with Crippen LogP contribution in [0.15, 0.2) is 60.8 Å². The van der Waals surface area contributed by atoms with Crippen molar-refractivity contribution < 1.29 is 0 Å². The molecule has 0 bridgehead atoms. The predicted molar refractivity (Wildman–Crippen MR) is 90.0 cm³/mol. The lowest BCUT2D eigenvalue weighted by atomic mass is 10.3. The topological polar surface area (TPSA) is 33.4 Å². The van der Waals surface area contributed by atoms with Crippen molar-refractivity contribution in [2.75, 3.05) is 11.9 Å². The van der Waals surface area contributed by atoms with Crippen LogP contribution in [-0.4, -0.2) is 21.4 Å². The van der Waals surface area contributed by atoms with Crippen molar-refractivity contribution in [3.63, 3.8) is 0 Å². The van der Waals surface area contributed by atoms with Crippen molar-refractivity contribution >= 4 is 39.9 Å². The summed E-state index contributed by atoms with van der Waals surface area (Å²) in [7, 11) is 1.98. The average Bonchev–Trinajstić information content (AvgIpc) is 2.92. The van der Waals surface area contributed by atoms with Crippen molar-refractivity contribution in [2.24, 2.45) is 0 Å². The number of imidazole rings is 1. The van der Waals surface area contributed by atoms with Crippen LogP contribution in [0.5, 0.6) is 0 Å². The summed E-state index contributed by atoms with van der Waals surface area (Å²) in [5.41, 5.74) is 3.03. The monoisotopic (exact) mass is 308 g/mol. The van der Waals surface area contributed by atoms with Crippen LogP contribution in [0.2, 0.25) is 5.02 Å². The first-order chi connectivity index (χ1) is 10.7. The Kier molecular flexibility index (Phi) is 2.98. The summed E-state index contributed by atoms with van der Waals surface area (Å²) in [4.78, 5) is 11.2. The van der Waals surface area contributed by atoms with Crippen molar-refractivity contribution in [1.29, 1.82) is 0 Å². The van der Waals surface area contributed by atoms with E-state index in [2.05, 4.69) is 9.97 Å². The molecule has 0 aliphatic heterocycles. The van der Waals surface area contributed by atoms with Crippen LogP contribution in [-0.2, 0) is 0 Å². The first kappa shape index (κ1) is 13.1. The number of para-hydroxylation sites is 2. The normalized spacial score (nSPS) is 11.2. The molecule has 0 unspecified atom stereocenters. The van der Waals surface area contributed by atoms with Crippen LogP contribution in [0.25, 0.3) is 16.8 Å². The van der Waals surface area contributed by atoms with Crippen molar-refractivity contribution in [3.8, 4) is 0 Å². The summed E-state index contributed by atoms with van der Waals surface area (Å²) < 4.78 is 1.99. The maximum Gasteiger partial charge on any atom is 0.236 e. The zero-order valence-corrected chi connectivity index (χ0v) is 12.7. The van der Waals surface area contributed by atoms with Crippen molar-refractivity contribution in [2.45, 2.75) is 0 Å². The van der Waals surface area contributed by atoms with Gasteiger partial charge < -0.3 is 4.90 Å². The number of rotatable bonds is 2. The number of anilines is 2. The van der Waals surface area contributed by atoms with Gasteiger partial charge in [0, 0.05) is 24.0 Å². The van der Waals surface area contributed by atoms with Crippen LogP contribution in [0.1, 0.15) is 0 Å². The summed E-state index contributed by atoms with van der Waals surface area (Å²) in [6.45, 7) is 0. The Hall–Kier alpha value is -2.59. The molecule has 0 fully saturated rings. The maximum atomic E-state index is 5.94. The highest BCUT2D eigenvalue weighted by Gasteiger charge is 2.09. The molecule has 0 radical (unpaired) electrons. The third-order valence-electron chi connectivity index (χ3n) is 3.72. The Morgan fingerprint density at radius 3 is 2.55 bits per heavy atom. The predicted octanol–water partition coefficient (Wildman–Crippen LogP) is 4.30. The Bertz CT molecular complexity index is 959. The molecule has 0 amide bonds. The molecule has 108 valence electrons. The molecule has 4 rings (SSSR count). The lowest BCUT2D eigenvalue weighted by Crippen LogP contribution is -2.11. The first-order valence-corrected chi connectivity index (χ1v) is 7.33. The van der Waals surface area contributed by atoms with Gasteiger partial charge in [0.05, 0.1) is 11.0 Å². The SMILES string of the molecule is CN(c1ccc(Cl)cc1)c1ccn2c(n1)nc1ccccc12. The second-order valence-electron chi connectivity index (χ2n) is 5.09. The van der Waals surface area contributed by atoms with Gasteiger partial charge in [-0.2, -0.15) is 4.98 Å². The van der Waals surface area contributed by atoms with E-state index >= 15 is 0 Å². The summed E-state index contributed by atoms with van der Waals surface area (Å²) in [5, 5.41) is 0.722. The largest absolute Gasteiger partial charge is 0.329 e. The fourth-order valence-corrected chi connectivity index (χ4v) is 2.65. The van der Waals surface area contributed by atoms with Gasteiger partial charge in [0.25, 0.3) is 0 Å². The highest BCUT2D eigenvalue weighted by Crippen LogP contribution is 2.24. The number of nitrogens with zero attached hydrogens (tertiary/aromatic N) is 4. The molecule has 0 saturated heterocycles. The number of halogens is 1. The van der Waals surface area contributed by atoms with Gasteiger partial charge in [-0.05, 0) is 42.5 Å². The van der Waals surface area contributed by atoms with E-state index in [1.165, 1.54) is 0 Å². The summed E-state index contributed by atoms with van der Waals surface area (Å²) in [5.74, 6) is 1.53. The van der Waals surface area contributed by atoms with Gasteiger partial charge in [-0.25, -0.2) is 4.98 Å². The van der Waals surface area contributed by atoms with Gasteiger partial charge in [-0.1, -0.05) is 23.7 Å². The summed E-state index contributed by atoms with van der Waals surface area (Å²) in [6, 6.07) is 17.7. The molecule has 0 atom stereocenters. The van der Waals surface area contributed by atoms with Crippen LogP contribution < -0.4 is 4.90 Å². The highest BCUT2D eigenvalue weighted by molar-refractivity contribution is 6.30. The van der Waals surface area contributed by atoms with Gasteiger partial charge in [-0.3, -0.25) is 4.40 Å². The molecule has 0 saturated carbocycles. The van der Waals surface area contributed by atoms with Crippen LogP contribution in [0.4, 0.5) is 11.5 Å². The lowest BCUT2D eigenvalue weighted by molar-refractivity contribution is 1.07. The van der Waals surface area contributed by atoms with E-state index in [-0.39, 0.29) is 0 Å². The molecule has 0 spiro atoms. The minimum atomic E-state index is 0.694. The van der Waals surface area contributed by atoms with Crippen molar-refractivity contribution in [1.82, 2.24) is 14.4 Å². The molecular weight excluding hydrogens is 296 g/mol. The Balaban J connectivity index is 1.81. The molecule has 4 aromatic rings. The lowest BCUT2D eigenvalue weighted by Gasteiger charge is -2.18. The standard InChI is InChI=1S/C17H13ClN4/c1-21(13-8-6-12(18)7-9-13)16-10-11-22-15-5-3-2-4-14(15)19-17(22)20-16/h2-11H,1H3. The van der Waals surface area contributed by atoms with Gasteiger partial charge in [0.1, 0.15) is 5.82 Å².